The maximum absolute atomic E-state index is 6.10. The van der Waals surface area contributed by atoms with Gasteiger partial charge in [0.25, 0.3) is 0 Å². The van der Waals surface area contributed by atoms with Gasteiger partial charge >= 0.3 is 0 Å². The molecule has 31 rings (SSSR count). The zero-order valence-corrected chi connectivity index (χ0v) is 80.5. The van der Waals surface area contributed by atoms with Gasteiger partial charge in [0.15, 0.2) is 0 Å². The van der Waals surface area contributed by atoms with Crippen molar-refractivity contribution in [3.8, 4) is 66.9 Å². The summed E-state index contributed by atoms with van der Waals surface area (Å²) >= 11 is 9.34. The van der Waals surface area contributed by atoms with Gasteiger partial charge < -0.3 is 20.4 Å². The molecule has 142 heavy (non-hydrogen) atoms. The molecule has 6 aliphatic rings. The van der Waals surface area contributed by atoms with E-state index < -0.39 is 10.8 Å². The highest BCUT2D eigenvalue weighted by molar-refractivity contribution is 8.00. The van der Waals surface area contributed by atoms with Crippen molar-refractivity contribution in [1.29, 1.82) is 0 Å². The first-order chi connectivity index (χ1) is 70.3. The van der Waals surface area contributed by atoms with E-state index in [4.69, 9.17) is 14.4 Å². The molecule has 0 amide bonds. The molecule has 0 saturated carbocycles. The summed E-state index contributed by atoms with van der Waals surface area (Å²) in [5.74, 6) is 0.830. The molecule has 6 nitrogen and oxygen atoms in total. The first-order valence-electron chi connectivity index (χ1n) is 48.2. The fraction of sp³-hybridized carbons (Fsp3) is 0.0229. The Hall–Kier alpha value is -16.4. The molecule has 25 aromatic rings. The van der Waals surface area contributed by atoms with Gasteiger partial charge in [0.05, 0.1) is 44.9 Å². The normalized spacial score (nSPS) is 13.7. The minimum absolute atomic E-state index is 0.388. The van der Waals surface area contributed by atoms with Crippen LogP contribution in [0.4, 0.5) is 34.3 Å². The number of fused-ring (bicyclic) bond motifs is 37. The second-order valence-electron chi connectivity index (χ2n) is 37.3. The molecule has 0 fully saturated rings. The van der Waals surface area contributed by atoms with Crippen LogP contribution < -0.4 is 16.0 Å². The number of rotatable bonds is 9. The standard InChI is InChI=1S/C47H29NS2.C42H26N2OS.C42H26N2S2/c1-2-13-32-29(12-1)26-30(33-17-11-23-45-46(33)36-16-5-9-21-42(36)49-45)27-41(32)48-31-24-25-44-40(28-31)47(39-20-8-10-22-43(39)50-44)37-18-6-3-14-34(37)35-15-4-7-19-38(35)47;1-4-13-31-28(10-1)29-11-2-5-14-32(29)42(31)33-15-6-8-19-39(33)46-40-23-20-26(24-34(40)42)35-22-21-27(25-43-35)44-36-16-9-18-38-41(36)30-12-3-7-17-37(30)45-38;1-4-14-32-29(10-1)30-11-2-5-15-33(30)42(32)34-16-6-8-18-37(34)46-38-22-21-27(24-35(38)42)44-40-23-20-26(25-43-40)28-13-9-19-39-41(28)31-12-3-7-17-36(31)45-39/h1-28,48H;1-25,44H;1-25H,(H,43,44). The highest BCUT2D eigenvalue weighted by Gasteiger charge is 2.54. The van der Waals surface area contributed by atoms with Crippen molar-refractivity contribution in [2.45, 2.75) is 45.6 Å². The zero-order chi connectivity index (χ0) is 93.3. The van der Waals surface area contributed by atoms with Crippen LogP contribution in [0.3, 0.4) is 0 Å². The third-order valence-electron chi connectivity index (χ3n) is 29.9. The number of benzene rings is 20. The van der Waals surface area contributed by atoms with E-state index in [0.29, 0.717) is 0 Å². The summed E-state index contributed by atoms with van der Waals surface area (Å²) in [6.07, 6.45) is 3.93. The van der Waals surface area contributed by atoms with Crippen molar-refractivity contribution in [2.75, 3.05) is 16.0 Å². The van der Waals surface area contributed by atoms with Crippen molar-refractivity contribution >= 4 is 165 Å². The summed E-state index contributed by atoms with van der Waals surface area (Å²) < 4.78 is 11.4. The molecule has 3 N–H and O–H groups in total. The average molecular weight is 1900 g/mol. The van der Waals surface area contributed by atoms with Crippen molar-refractivity contribution in [1.82, 2.24) is 9.97 Å². The van der Waals surface area contributed by atoms with Gasteiger partial charge in [-0.05, 0) is 268 Å². The number of anilines is 6. The van der Waals surface area contributed by atoms with E-state index in [1.54, 1.807) is 0 Å². The molecule has 20 aromatic carbocycles. The highest BCUT2D eigenvalue weighted by atomic mass is 32.2. The number of furan rings is 1. The lowest BCUT2D eigenvalue weighted by Crippen LogP contribution is -2.32. The molecule has 3 spiro atoms. The van der Waals surface area contributed by atoms with E-state index >= 15 is 0 Å². The van der Waals surface area contributed by atoms with Crippen LogP contribution >= 0.6 is 58.0 Å². The van der Waals surface area contributed by atoms with Gasteiger partial charge in [-0.2, -0.15) is 0 Å². The number of nitrogens with one attached hydrogen (secondary N) is 3. The lowest BCUT2D eigenvalue weighted by molar-refractivity contribution is 0.669. The molecule has 8 heterocycles. The Bertz CT molecular complexity index is 9430. The Morgan fingerprint density at radius 3 is 1.09 bits per heavy atom. The SMILES string of the molecule is c1ccc2c(c1)Sc1ccc(-c3ccc(Nc4cccc5oc6ccccc6c45)cn3)cc1C21c2ccccc2-c2ccccc21.c1ccc2c(c1)Sc1ccc(Nc3cc(-c4cccc5sc6ccccc6c45)cc4ccccc34)cc1C21c2ccccc2-c2ccccc21.c1ccc2c(c1)Sc1ccc(Nc3ccc(-c4cccc5sc6ccccc6c45)cn3)cc1C21c2ccccc2-c2ccccc21. The van der Waals surface area contributed by atoms with Gasteiger partial charge in [-0.25, -0.2) is 4.98 Å². The molecule has 0 saturated heterocycles. The summed E-state index contributed by atoms with van der Waals surface area (Å²) in [5, 5.41) is 21.1. The van der Waals surface area contributed by atoms with Gasteiger partial charge in [0, 0.05) is 115 Å². The summed E-state index contributed by atoms with van der Waals surface area (Å²) in [6, 6.07) is 168. The molecule has 0 unspecified atom stereocenters. The lowest BCUT2D eigenvalue weighted by Gasteiger charge is -2.40. The smallest absolute Gasteiger partial charge is 0.137 e. The zero-order valence-electron chi connectivity index (χ0n) is 76.4. The number of pyridine rings is 2. The minimum Gasteiger partial charge on any atom is -0.456 e. The van der Waals surface area contributed by atoms with Gasteiger partial charge in [0.2, 0.25) is 0 Å². The molecule has 0 bridgehead atoms. The van der Waals surface area contributed by atoms with Gasteiger partial charge in [-0.15, -0.1) is 22.7 Å². The molecule has 5 aromatic heterocycles. The topological polar surface area (TPSA) is 75.0 Å². The van der Waals surface area contributed by atoms with E-state index in [1.807, 2.05) is 101 Å². The quantitative estimate of drug-likeness (QED) is 0.131. The summed E-state index contributed by atoms with van der Waals surface area (Å²) in [6.45, 7) is 0. The highest BCUT2D eigenvalue weighted by Crippen LogP contribution is 2.67. The third kappa shape index (κ3) is 12.6. The van der Waals surface area contributed by atoms with Gasteiger partial charge in [-0.1, -0.05) is 351 Å². The average Bonchev–Trinajstić information content (AvgIpc) is 1.56. The fourth-order valence-electron chi connectivity index (χ4n) is 24.1. The Kier molecular flexibility index (Phi) is 19.2. The molecular formula is C131H81N5OS5. The van der Waals surface area contributed by atoms with Gasteiger partial charge in [0.1, 0.15) is 17.0 Å². The molecular weight excluding hydrogens is 1820 g/mol. The lowest BCUT2D eigenvalue weighted by atomic mass is 9.67. The molecule has 3 aliphatic heterocycles. The van der Waals surface area contributed by atoms with Crippen molar-refractivity contribution in [2.24, 2.45) is 0 Å². The maximum Gasteiger partial charge on any atom is 0.137 e. The number of para-hydroxylation sites is 1. The molecule has 0 radical (unpaired) electrons. The van der Waals surface area contributed by atoms with Crippen LogP contribution in [0.1, 0.15) is 66.8 Å². The van der Waals surface area contributed by atoms with E-state index in [2.05, 4.69) is 447 Å². The van der Waals surface area contributed by atoms with Crippen LogP contribution in [0.25, 0.3) is 140 Å². The molecule has 3 aliphatic carbocycles. The molecule has 666 valence electrons. The van der Waals surface area contributed by atoms with Crippen LogP contribution in [-0.2, 0) is 16.2 Å². The Morgan fingerprint density at radius 2 is 0.592 bits per heavy atom. The van der Waals surface area contributed by atoms with Crippen LogP contribution in [0.2, 0.25) is 0 Å². The van der Waals surface area contributed by atoms with E-state index in [0.717, 1.165) is 73.0 Å². The Labute approximate surface area is 841 Å². The number of hydrogen-bond acceptors (Lipinski definition) is 11. The Balaban J connectivity index is 0.000000102. The first kappa shape index (κ1) is 82.7. The van der Waals surface area contributed by atoms with Crippen molar-refractivity contribution in [3.63, 3.8) is 0 Å². The fourth-order valence-corrected chi connectivity index (χ4v) is 29.9. The number of thiophene rings is 2. The summed E-state index contributed by atoms with van der Waals surface area (Å²) in [7, 11) is 0. The summed E-state index contributed by atoms with van der Waals surface area (Å²) in [4.78, 5) is 17.7. The third-order valence-corrected chi connectivity index (χ3v) is 35.6. The van der Waals surface area contributed by atoms with Crippen molar-refractivity contribution < 1.29 is 4.42 Å². The van der Waals surface area contributed by atoms with E-state index in [1.165, 1.54) is 197 Å². The monoisotopic (exact) mass is 1900 g/mol. The predicted octanol–water partition coefficient (Wildman–Crippen LogP) is 36.4. The number of aromatic nitrogens is 2. The van der Waals surface area contributed by atoms with Crippen molar-refractivity contribution in [3.05, 3.63) is 540 Å². The Morgan fingerprint density at radius 1 is 0.211 bits per heavy atom. The number of nitrogens with zero attached hydrogens (tertiary/aromatic N) is 2. The van der Waals surface area contributed by atoms with E-state index in [9.17, 15) is 0 Å². The first-order valence-corrected chi connectivity index (χ1v) is 52.3. The molecule has 11 heteroatoms. The summed E-state index contributed by atoms with van der Waals surface area (Å²) in [5.41, 5.74) is 36.6. The second kappa shape index (κ2) is 32.9. The van der Waals surface area contributed by atoms with Gasteiger partial charge in [-0.3, -0.25) is 4.98 Å². The minimum atomic E-state index is -0.401. The second-order valence-corrected chi connectivity index (χ2v) is 42.7. The number of hydrogen-bond donors (Lipinski definition) is 3. The van der Waals surface area contributed by atoms with E-state index in [-0.39, 0.29) is 5.41 Å². The molecule has 0 atom stereocenters. The van der Waals surface area contributed by atoms with Crippen LogP contribution in [0, 0.1) is 0 Å². The van der Waals surface area contributed by atoms with Crippen LogP contribution in [0.15, 0.2) is 507 Å². The largest absolute Gasteiger partial charge is 0.456 e. The van der Waals surface area contributed by atoms with Crippen LogP contribution in [0.5, 0.6) is 0 Å². The predicted molar refractivity (Wildman–Crippen MR) is 595 cm³/mol. The van der Waals surface area contributed by atoms with Crippen LogP contribution in [-0.4, -0.2) is 9.97 Å². The maximum atomic E-state index is 6.10.